The molecular weight excluding hydrogens is 432 g/mol. The third-order valence-corrected chi connectivity index (χ3v) is 5.64. The second kappa shape index (κ2) is 9.70. The number of amides is 2. The van der Waals surface area contributed by atoms with Crippen molar-refractivity contribution < 1.29 is 23.8 Å². The van der Waals surface area contributed by atoms with Crippen molar-refractivity contribution in [2.75, 3.05) is 42.7 Å². The second-order valence-corrected chi connectivity index (χ2v) is 7.88. The van der Waals surface area contributed by atoms with Gasteiger partial charge in [-0.2, -0.15) is 0 Å². The number of carbonyl (C=O) groups is 2. The van der Waals surface area contributed by atoms with E-state index in [1.807, 2.05) is 60.7 Å². The maximum Gasteiger partial charge on any atom is 0.265 e. The summed E-state index contributed by atoms with van der Waals surface area (Å²) in [5.74, 6) is 1.36. The first kappa shape index (κ1) is 21.6. The summed E-state index contributed by atoms with van der Waals surface area (Å²) in [7, 11) is 0. The summed E-state index contributed by atoms with van der Waals surface area (Å²) in [6.45, 7) is 1.08. The number of para-hydroxylation sites is 2. The van der Waals surface area contributed by atoms with Crippen LogP contribution < -0.4 is 24.0 Å². The van der Waals surface area contributed by atoms with E-state index in [9.17, 15) is 9.59 Å². The summed E-state index contributed by atoms with van der Waals surface area (Å²) in [6, 6.07) is 22.5. The van der Waals surface area contributed by atoms with Crippen LogP contribution in [-0.4, -0.2) is 44.7 Å². The Morgan fingerprint density at radius 1 is 0.882 bits per heavy atom. The van der Waals surface area contributed by atoms with Crippen molar-refractivity contribution in [3.63, 3.8) is 0 Å². The lowest BCUT2D eigenvalue weighted by atomic mass is 10.2. The highest BCUT2D eigenvalue weighted by molar-refractivity contribution is 6.06. The Bertz CT molecular complexity index is 1220. The number of rotatable bonds is 6. The number of ether oxygens (including phenoxy) is 3. The number of nitrogens with zero attached hydrogens (tertiary/aromatic N) is 2. The van der Waals surface area contributed by atoms with Crippen LogP contribution in [0.25, 0.3) is 6.08 Å². The number of carbonyl (C=O) groups excluding carboxylic acids is 2. The van der Waals surface area contributed by atoms with Gasteiger partial charge in [0.2, 0.25) is 5.91 Å². The fourth-order valence-electron chi connectivity index (χ4n) is 3.96. The van der Waals surface area contributed by atoms with E-state index in [1.54, 1.807) is 29.2 Å². The summed E-state index contributed by atoms with van der Waals surface area (Å²) < 4.78 is 16.9. The molecule has 172 valence electrons. The molecule has 0 spiro atoms. The first-order valence-corrected chi connectivity index (χ1v) is 11.1. The number of fused-ring (bicyclic) bond motifs is 2. The number of hydrogen-bond acceptors (Lipinski definition) is 5. The number of benzene rings is 3. The van der Waals surface area contributed by atoms with Crippen LogP contribution in [0.2, 0.25) is 0 Å². The first-order chi connectivity index (χ1) is 16.7. The van der Waals surface area contributed by atoms with Gasteiger partial charge in [-0.3, -0.25) is 14.5 Å². The summed E-state index contributed by atoms with van der Waals surface area (Å²) >= 11 is 0. The topological polar surface area (TPSA) is 68.3 Å². The van der Waals surface area contributed by atoms with Crippen LogP contribution in [0.5, 0.6) is 17.2 Å². The van der Waals surface area contributed by atoms with Gasteiger partial charge in [-0.1, -0.05) is 54.6 Å². The van der Waals surface area contributed by atoms with Gasteiger partial charge in [-0.15, -0.1) is 0 Å². The zero-order chi connectivity index (χ0) is 23.3. The highest BCUT2D eigenvalue weighted by Gasteiger charge is 2.29. The molecule has 2 aliphatic rings. The molecule has 7 heteroatoms. The van der Waals surface area contributed by atoms with E-state index in [0.717, 1.165) is 5.56 Å². The first-order valence-electron chi connectivity index (χ1n) is 11.1. The van der Waals surface area contributed by atoms with Gasteiger partial charge in [0, 0.05) is 18.3 Å². The van der Waals surface area contributed by atoms with Crippen LogP contribution in [-0.2, 0) is 9.59 Å². The van der Waals surface area contributed by atoms with E-state index < -0.39 is 0 Å². The molecule has 3 aromatic carbocycles. The average molecular weight is 456 g/mol. The Labute approximate surface area is 197 Å². The molecular formula is C27H24N2O5. The van der Waals surface area contributed by atoms with E-state index in [4.69, 9.17) is 14.2 Å². The van der Waals surface area contributed by atoms with E-state index in [-0.39, 0.29) is 25.0 Å². The van der Waals surface area contributed by atoms with Crippen LogP contribution >= 0.6 is 0 Å². The van der Waals surface area contributed by atoms with Crippen LogP contribution in [0.1, 0.15) is 5.56 Å². The lowest BCUT2D eigenvalue weighted by Gasteiger charge is -2.31. The molecule has 0 aromatic heterocycles. The van der Waals surface area contributed by atoms with Gasteiger partial charge in [0.25, 0.3) is 5.91 Å². The van der Waals surface area contributed by atoms with Crippen molar-refractivity contribution >= 4 is 29.3 Å². The van der Waals surface area contributed by atoms with Crippen molar-refractivity contribution in [2.45, 2.75) is 0 Å². The predicted molar refractivity (Wildman–Crippen MR) is 130 cm³/mol. The Morgan fingerprint density at radius 3 is 2.50 bits per heavy atom. The van der Waals surface area contributed by atoms with E-state index in [1.165, 1.54) is 4.90 Å². The van der Waals surface area contributed by atoms with Crippen molar-refractivity contribution in [1.82, 2.24) is 0 Å². The van der Waals surface area contributed by atoms with Crippen LogP contribution in [0.3, 0.4) is 0 Å². The number of anilines is 2. The van der Waals surface area contributed by atoms with Crippen LogP contribution in [0, 0.1) is 0 Å². The minimum atomic E-state index is -0.256. The molecule has 5 rings (SSSR count). The zero-order valence-corrected chi connectivity index (χ0v) is 18.6. The molecule has 0 unspecified atom stereocenters. The minimum Gasteiger partial charge on any atom is -0.486 e. The molecule has 0 aliphatic carbocycles. The summed E-state index contributed by atoms with van der Waals surface area (Å²) in [5, 5.41) is 0. The lowest BCUT2D eigenvalue weighted by Crippen LogP contribution is -2.46. The predicted octanol–water partition coefficient (Wildman–Crippen LogP) is 3.93. The molecule has 0 atom stereocenters. The molecule has 2 amide bonds. The van der Waals surface area contributed by atoms with Crippen molar-refractivity contribution in [3.8, 4) is 17.2 Å². The Hall–Kier alpha value is -4.26. The van der Waals surface area contributed by atoms with Gasteiger partial charge < -0.3 is 19.1 Å². The summed E-state index contributed by atoms with van der Waals surface area (Å²) in [5.41, 5.74) is 2.30. The Morgan fingerprint density at radius 2 is 1.65 bits per heavy atom. The quantitative estimate of drug-likeness (QED) is 0.562. The van der Waals surface area contributed by atoms with Gasteiger partial charge >= 0.3 is 0 Å². The largest absolute Gasteiger partial charge is 0.486 e. The van der Waals surface area contributed by atoms with Crippen LogP contribution in [0.15, 0.2) is 78.9 Å². The van der Waals surface area contributed by atoms with Gasteiger partial charge in [0.05, 0.1) is 5.69 Å². The molecule has 34 heavy (non-hydrogen) atoms. The molecule has 0 N–H and O–H groups in total. The van der Waals surface area contributed by atoms with Gasteiger partial charge in [0.1, 0.15) is 25.5 Å². The van der Waals surface area contributed by atoms with Gasteiger partial charge in [-0.25, -0.2) is 0 Å². The van der Waals surface area contributed by atoms with Gasteiger partial charge in [-0.05, 0) is 29.8 Å². The standard InChI is InChI=1S/C27H24N2O5/c30-26(18-29-22-10-4-5-11-23(22)34-19-27(29)31)28(14-6-9-20-7-2-1-3-8-20)21-12-13-24-25(17-21)33-16-15-32-24/h1-13,17H,14-16,18-19H2/b9-6+. The highest BCUT2D eigenvalue weighted by atomic mass is 16.6. The molecule has 7 nitrogen and oxygen atoms in total. The van der Waals surface area contributed by atoms with Gasteiger partial charge in [0.15, 0.2) is 18.1 Å². The third-order valence-electron chi connectivity index (χ3n) is 5.64. The van der Waals surface area contributed by atoms with E-state index in [0.29, 0.717) is 48.4 Å². The third kappa shape index (κ3) is 4.59. The average Bonchev–Trinajstić information content (AvgIpc) is 2.88. The summed E-state index contributed by atoms with van der Waals surface area (Å²) in [6.07, 6.45) is 3.90. The van der Waals surface area contributed by atoms with Crippen molar-refractivity contribution in [1.29, 1.82) is 0 Å². The van der Waals surface area contributed by atoms with Crippen molar-refractivity contribution in [3.05, 3.63) is 84.4 Å². The number of hydrogen-bond donors (Lipinski definition) is 0. The smallest absolute Gasteiger partial charge is 0.265 e. The van der Waals surface area contributed by atoms with Crippen LogP contribution in [0.4, 0.5) is 11.4 Å². The molecule has 2 heterocycles. The maximum absolute atomic E-state index is 13.6. The SMILES string of the molecule is O=C(CN1C(=O)COc2ccccc21)N(C/C=C/c1ccccc1)c1ccc2c(c1)OCCO2. The second-order valence-electron chi connectivity index (χ2n) is 7.88. The molecule has 2 aliphatic heterocycles. The Balaban J connectivity index is 1.42. The molecule has 0 saturated carbocycles. The molecule has 0 fully saturated rings. The zero-order valence-electron chi connectivity index (χ0n) is 18.6. The molecule has 0 radical (unpaired) electrons. The molecule has 0 bridgehead atoms. The normalized spacial score (nSPS) is 14.5. The lowest BCUT2D eigenvalue weighted by molar-refractivity contribution is -0.124. The summed E-state index contributed by atoms with van der Waals surface area (Å²) in [4.78, 5) is 29.3. The molecule has 3 aromatic rings. The fourth-order valence-corrected chi connectivity index (χ4v) is 3.96. The monoisotopic (exact) mass is 456 g/mol. The van der Waals surface area contributed by atoms with E-state index in [2.05, 4.69) is 0 Å². The highest BCUT2D eigenvalue weighted by Crippen LogP contribution is 2.35. The minimum absolute atomic E-state index is 0.0950. The maximum atomic E-state index is 13.6. The van der Waals surface area contributed by atoms with E-state index >= 15 is 0 Å². The molecule has 0 saturated heterocycles. The Kier molecular flexibility index (Phi) is 6.16. The fraction of sp³-hybridized carbons (Fsp3) is 0.185. The van der Waals surface area contributed by atoms with Crippen molar-refractivity contribution in [2.24, 2.45) is 0 Å².